The summed E-state index contributed by atoms with van der Waals surface area (Å²) in [5, 5.41) is 12.3. The van der Waals surface area contributed by atoms with Gasteiger partial charge in [0, 0.05) is 17.4 Å². The molecule has 0 spiro atoms. The number of benzene rings is 3. The van der Waals surface area contributed by atoms with Crippen molar-refractivity contribution in [1.82, 2.24) is 9.55 Å². The number of methoxy groups -OCH3 is 1. The maximum absolute atomic E-state index is 13.3. The summed E-state index contributed by atoms with van der Waals surface area (Å²) < 4.78 is 6.73. The van der Waals surface area contributed by atoms with Crippen LogP contribution >= 0.6 is 11.8 Å². The summed E-state index contributed by atoms with van der Waals surface area (Å²) in [7, 11) is 1.58. The largest absolute Gasteiger partial charge is 0.497 e. The normalized spacial score (nSPS) is 10.8. The lowest BCUT2D eigenvalue weighted by Gasteiger charge is -2.13. The number of hydrogen-bond acceptors (Lipinski definition) is 6. The Labute approximate surface area is 176 Å². The Kier molecular flexibility index (Phi) is 5.49. The van der Waals surface area contributed by atoms with Crippen LogP contribution < -0.4 is 10.3 Å². The molecule has 0 aliphatic heterocycles. The summed E-state index contributed by atoms with van der Waals surface area (Å²) in [6.07, 6.45) is 0. The molecule has 30 heavy (non-hydrogen) atoms. The molecule has 7 nitrogen and oxygen atoms in total. The smallest absolute Gasteiger partial charge is 0.273 e. The number of nitrogens with zero attached hydrogens (tertiary/aromatic N) is 3. The third-order valence-corrected chi connectivity index (χ3v) is 5.61. The lowest BCUT2D eigenvalue weighted by molar-refractivity contribution is -0.385. The fourth-order valence-corrected chi connectivity index (χ4v) is 4.13. The molecule has 0 atom stereocenters. The standard InChI is InChI=1S/C22H17N3O4S/c1-29-17-12-10-16(11-13-17)24-21(26)18-7-3-4-8-19(18)23-22(24)30-14-15-6-2-5-9-20(15)25(27)28/h2-13H,14H2,1H3. The monoisotopic (exact) mass is 419 g/mol. The van der Waals surface area contributed by atoms with E-state index < -0.39 is 4.92 Å². The second-order valence-electron chi connectivity index (χ2n) is 6.42. The zero-order valence-corrected chi connectivity index (χ0v) is 16.8. The van der Waals surface area contributed by atoms with Crippen LogP contribution in [0.1, 0.15) is 5.56 Å². The number of hydrogen-bond donors (Lipinski definition) is 0. The predicted molar refractivity (Wildman–Crippen MR) is 117 cm³/mol. The van der Waals surface area contributed by atoms with Gasteiger partial charge >= 0.3 is 0 Å². The van der Waals surface area contributed by atoms with Gasteiger partial charge in [-0.25, -0.2) is 4.98 Å². The van der Waals surface area contributed by atoms with Gasteiger partial charge in [-0.3, -0.25) is 19.5 Å². The molecule has 0 bridgehead atoms. The van der Waals surface area contributed by atoms with Crippen molar-refractivity contribution in [1.29, 1.82) is 0 Å². The maximum atomic E-state index is 13.3. The van der Waals surface area contributed by atoms with Gasteiger partial charge < -0.3 is 4.74 Å². The van der Waals surface area contributed by atoms with E-state index in [0.717, 1.165) is 0 Å². The summed E-state index contributed by atoms with van der Waals surface area (Å²) in [5.74, 6) is 0.979. The van der Waals surface area contributed by atoms with E-state index in [9.17, 15) is 14.9 Å². The quantitative estimate of drug-likeness (QED) is 0.197. The Morgan fingerprint density at radius 2 is 1.73 bits per heavy atom. The molecule has 4 rings (SSSR count). The summed E-state index contributed by atoms with van der Waals surface area (Å²) >= 11 is 1.28. The first-order valence-corrected chi connectivity index (χ1v) is 10.1. The Hall–Kier alpha value is -3.65. The molecule has 0 aliphatic carbocycles. The number of nitro groups is 1. The minimum Gasteiger partial charge on any atom is -0.497 e. The van der Waals surface area contributed by atoms with Crippen LogP contribution in [-0.2, 0) is 5.75 Å². The molecule has 0 saturated carbocycles. The molecule has 3 aromatic carbocycles. The SMILES string of the molecule is COc1ccc(-n2c(SCc3ccccc3[N+](=O)[O-])nc3ccccc3c2=O)cc1. The molecule has 0 radical (unpaired) electrons. The molecule has 0 amide bonds. The number of nitro benzene ring substituents is 1. The van der Waals surface area contributed by atoms with E-state index in [1.807, 2.05) is 6.07 Å². The van der Waals surface area contributed by atoms with Crippen LogP contribution in [-0.4, -0.2) is 21.6 Å². The third-order valence-electron chi connectivity index (χ3n) is 4.62. The highest BCUT2D eigenvalue weighted by Gasteiger charge is 2.17. The van der Waals surface area contributed by atoms with Crippen LogP contribution in [0.5, 0.6) is 5.75 Å². The van der Waals surface area contributed by atoms with Crippen molar-refractivity contribution < 1.29 is 9.66 Å². The first kappa shape index (κ1) is 19.7. The second-order valence-corrected chi connectivity index (χ2v) is 7.37. The molecule has 4 aromatic rings. The summed E-state index contributed by atoms with van der Waals surface area (Å²) in [6.45, 7) is 0. The van der Waals surface area contributed by atoms with Crippen LogP contribution in [0.2, 0.25) is 0 Å². The van der Waals surface area contributed by atoms with Crippen LogP contribution in [0.3, 0.4) is 0 Å². The molecule has 0 aliphatic rings. The van der Waals surface area contributed by atoms with Gasteiger partial charge in [0.25, 0.3) is 11.2 Å². The minimum absolute atomic E-state index is 0.0455. The van der Waals surface area contributed by atoms with Crippen LogP contribution in [0.4, 0.5) is 5.69 Å². The third kappa shape index (κ3) is 3.77. The van der Waals surface area contributed by atoms with E-state index in [4.69, 9.17) is 4.74 Å². The van der Waals surface area contributed by atoms with Crippen LogP contribution in [0.15, 0.2) is 82.7 Å². The Bertz CT molecular complexity index is 1290. The van der Waals surface area contributed by atoms with Gasteiger partial charge in [-0.1, -0.05) is 42.1 Å². The van der Waals surface area contributed by atoms with Crippen molar-refractivity contribution in [2.45, 2.75) is 10.9 Å². The van der Waals surface area contributed by atoms with Gasteiger partial charge in [0.1, 0.15) is 5.75 Å². The summed E-state index contributed by atoms with van der Waals surface area (Å²) in [5.41, 5.74) is 1.64. The van der Waals surface area contributed by atoms with E-state index in [0.29, 0.717) is 38.8 Å². The van der Waals surface area contributed by atoms with Gasteiger partial charge in [-0.15, -0.1) is 0 Å². The molecular weight excluding hydrogens is 402 g/mol. The minimum atomic E-state index is -0.403. The van der Waals surface area contributed by atoms with Crippen LogP contribution in [0.25, 0.3) is 16.6 Å². The van der Waals surface area contributed by atoms with Crippen molar-refractivity contribution in [3.63, 3.8) is 0 Å². The number of thioether (sulfide) groups is 1. The lowest BCUT2D eigenvalue weighted by Crippen LogP contribution is -2.21. The number of rotatable bonds is 6. The van der Waals surface area contributed by atoms with Crippen molar-refractivity contribution in [2.75, 3.05) is 7.11 Å². The second kappa shape index (κ2) is 8.38. The molecule has 150 valence electrons. The fraction of sp³-hybridized carbons (Fsp3) is 0.0909. The maximum Gasteiger partial charge on any atom is 0.273 e. The highest BCUT2D eigenvalue weighted by atomic mass is 32.2. The molecule has 0 unspecified atom stereocenters. The van der Waals surface area contributed by atoms with E-state index >= 15 is 0 Å². The summed E-state index contributed by atoms with van der Waals surface area (Å²) in [6, 6.07) is 20.8. The topological polar surface area (TPSA) is 87.3 Å². The number of ether oxygens (including phenoxy) is 1. The molecule has 8 heteroatoms. The Morgan fingerprint density at radius 1 is 1.03 bits per heavy atom. The summed E-state index contributed by atoms with van der Waals surface area (Å²) in [4.78, 5) is 28.9. The van der Waals surface area contributed by atoms with E-state index in [2.05, 4.69) is 4.98 Å². The predicted octanol–water partition coefficient (Wildman–Crippen LogP) is 4.59. The van der Waals surface area contributed by atoms with Crippen molar-refractivity contribution in [3.8, 4) is 11.4 Å². The first-order valence-electron chi connectivity index (χ1n) is 9.10. The van der Waals surface area contributed by atoms with E-state index in [1.54, 1.807) is 67.8 Å². The average molecular weight is 419 g/mol. The molecule has 0 fully saturated rings. The highest BCUT2D eigenvalue weighted by molar-refractivity contribution is 7.98. The molecule has 0 N–H and O–H groups in total. The van der Waals surface area contributed by atoms with Gasteiger partial charge in [0.2, 0.25) is 0 Å². The van der Waals surface area contributed by atoms with E-state index in [-0.39, 0.29) is 11.2 Å². The molecule has 1 aromatic heterocycles. The highest BCUT2D eigenvalue weighted by Crippen LogP contribution is 2.29. The zero-order chi connectivity index (χ0) is 21.1. The fourth-order valence-electron chi connectivity index (χ4n) is 3.12. The van der Waals surface area contributed by atoms with E-state index in [1.165, 1.54) is 22.4 Å². The van der Waals surface area contributed by atoms with Crippen LogP contribution in [0, 0.1) is 10.1 Å². The Balaban J connectivity index is 1.82. The van der Waals surface area contributed by atoms with Gasteiger partial charge in [-0.2, -0.15) is 0 Å². The lowest BCUT2D eigenvalue weighted by atomic mass is 10.2. The first-order chi connectivity index (χ1) is 14.6. The molecule has 0 saturated heterocycles. The number of aromatic nitrogens is 2. The Morgan fingerprint density at radius 3 is 2.47 bits per heavy atom. The zero-order valence-electron chi connectivity index (χ0n) is 16.0. The average Bonchev–Trinajstić information content (AvgIpc) is 2.78. The van der Waals surface area contributed by atoms with Crippen molar-refractivity contribution >= 4 is 28.4 Å². The molecule has 1 heterocycles. The number of fused-ring (bicyclic) bond motifs is 1. The van der Waals surface area contributed by atoms with Gasteiger partial charge in [0.15, 0.2) is 5.16 Å². The van der Waals surface area contributed by atoms with Crippen molar-refractivity contribution in [2.24, 2.45) is 0 Å². The molecular formula is C22H17N3O4S. The number of para-hydroxylation sites is 2. The van der Waals surface area contributed by atoms with Gasteiger partial charge in [-0.05, 0) is 36.4 Å². The van der Waals surface area contributed by atoms with Gasteiger partial charge in [0.05, 0.1) is 28.6 Å². The van der Waals surface area contributed by atoms with Crippen molar-refractivity contribution in [3.05, 3.63) is 98.8 Å².